The number of hydrogen-bond donors (Lipinski definition) is 1. The first-order chi connectivity index (χ1) is 12.1. The molecule has 130 valence electrons. The fourth-order valence-corrected chi connectivity index (χ4v) is 3.17. The van der Waals surface area contributed by atoms with E-state index >= 15 is 0 Å². The van der Waals surface area contributed by atoms with E-state index in [0.717, 1.165) is 5.56 Å². The Morgan fingerprint density at radius 2 is 2.04 bits per heavy atom. The summed E-state index contributed by atoms with van der Waals surface area (Å²) >= 11 is 0. The van der Waals surface area contributed by atoms with E-state index in [1.807, 2.05) is 25.1 Å². The van der Waals surface area contributed by atoms with Crippen LogP contribution in [0, 0.1) is 6.92 Å². The van der Waals surface area contributed by atoms with Crippen molar-refractivity contribution in [2.75, 3.05) is 25.6 Å². The number of benzene rings is 1. The zero-order chi connectivity index (χ0) is 17.6. The second kappa shape index (κ2) is 5.80. The molecule has 25 heavy (non-hydrogen) atoms. The van der Waals surface area contributed by atoms with Gasteiger partial charge in [-0.1, -0.05) is 6.07 Å². The molecular formula is C17H18N4O4. The second-order valence-electron chi connectivity index (χ2n) is 5.89. The molecule has 0 fully saturated rings. The van der Waals surface area contributed by atoms with Gasteiger partial charge in [0.05, 0.1) is 12.7 Å². The topological polar surface area (TPSA) is 87.5 Å². The summed E-state index contributed by atoms with van der Waals surface area (Å²) in [6.45, 7) is 4.65. The summed E-state index contributed by atoms with van der Waals surface area (Å²) in [6, 6.07) is 5.17. The van der Waals surface area contributed by atoms with Crippen molar-refractivity contribution in [3.8, 4) is 11.5 Å². The van der Waals surface area contributed by atoms with Crippen LogP contribution < -0.4 is 14.8 Å². The Hall–Kier alpha value is -3.03. The Bertz CT molecular complexity index is 887. The van der Waals surface area contributed by atoms with Crippen LogP contribution in [0.1, 0.15) is 24.4 Å². The largest absolute Gasteiger partial charge is 0.486 e. The molecule has 0 amide bonds. The lowest BCUT2D eigenvalue weighted by Crippen LogP contribution is -2.29. The van der Waals surface area contributed by atoms with E-state index in [9.17, 15) is 4.79 Å². The summed E-state index contributed by atoms with van der Waals surface area (Å²) < 4.78 is 17.9. The molecule has 2 aliphatic rings. The molecule has 1 unspecified atom stereocenters. The average Bonchev–Trinajstić information content (AvgIpc) is 2.99. The number of aryl methyl sites for hydroxylation is 1. The highest BCUT2D eigenvalue weighted by atomic mass is 16.6. The molecule has 1 N–H and O–H groups in total. The predicted molar refractivity (Wildman–Crippen MR) is 88.7 cm³/mol. The lowest BCUT2D eigenvalue weighted by Gasteiger charge is -2.28. The van der Waals surface area contributed by atoms with Gasteiger partial charge >= 0.3 is 5.97 Å². The number of fused-ring (bicyclic) bond motifs is 2. The monoisotopic (exact) mass is 342 g/mol. The van der Waals surface area contributed by atoms with Crippen molar-refractivity contribution in [1.29, 1.82) is 0 Å². The number of ether oxygens (including phenoxy) is 3. The van der Waals surface area contributed by atoms with Crippen LogP contribution in [0.4, 0.5) is 5.95 Å². The number of nitrogens with zero attached hydrogens (tertiary/aromatic N) is 3. The van der Waals surface area contributed by atoms with Gasteiger partial charge in [-0.15, -0.1) is 0 Å². The van der Waals surface area contributed by atoms with Gasteiger partial charge in [0.1, 0.15) is 25.1 Å². The molecule has 8 heteroatoms. The van der Waals surface area contributed by atoms with Crippen molar-refractivity contribution < 1.29 is 19.0 Å². The van der Waals surface area contributed by atoms with Crippen LogP contribution in [0.5, 0.6) is 11.5 Å². The number of carbonyl (C=O) groups excluding carboxylic acids is 1. The van der Waals surface area contributed by atoms with Crippen molar-refractivity contribution in [3.63, 3.8) is 0 Å². The molecule has 0 aliphatic carbocycles. The molecule has 1 aromatic heterocycles. The first-order valence-corrected chi connectivity index (χ1v) is 7.97. The minimum absolute atomic E-state index is 0.413. The normalized spacial score (nSPS) is 18.4. The molecule has 4 rings (SSSR count). The van der Waals surface area contributed by atoms with Crippen molar-refractivity contribution in [2.24, 2.45) is 0 Å². The lowest BCUT2D eigenvalue weighted by atomic mass is 9.95. The lowest BCUT2D eigenvalue weighted by molar-refractivity contribution is -0.136. The van der Waals surface area contributed by atoms with Crippen molar-refractivity contribution >= 4 is 11.9 Å². The van der Waals surface area contributed by atoms with Gasteiger partial charge in [-0.3, -0.25) is 0 Å². The molecule has 0 saturated heterocycles. The highest BCUT2D eigenvalue weighted by molar-refractivity contribution is 5.92. The standard InChI is InChI=1S/C17H18N4O4/c1-9-14(16(22)23-3)15(21-17(18-9)19-10(2)20-21)11-4-5-12-13(8-11)25-7-6-24-12/h4-5,8,15H,6-7H2,1-3H3,(H,18,19,20). The van der Waals surface area contributed by atoms with Gasteiger partial charge in [0.2, 0.25) is 5.95 Å². The molecule has 2 aromatic rings. The predicted octanol–water partition coefficient (Wildman–Crippen LogP) is 1.82. The molecule has 1 aromatic carbocycles. The molecule has 2 aliphatic heterocycles. The molecule has 0 bridgehead atoms. The van der Waals surface area contributed by atoms with Crippen molar-refractivity contribution in [2.45, 2.75) is 19.9 Å². The maximum Gasteiger partial charge on any atom is 0.338 e. The number of aromatic nitrogens is 3. The summed E-state index contributed by atoms with van der Waals surface area (Å²) in [4.78, 5) is 16.8. The van der Waals surface area contributed by atoms with Gasteiger partial charge in [0, 0.05) is 5.70 Å². The quantitative estimate of drug-likeness (QED) is 0.833. The molecule has 3 heterocycles. The summed E-state index contributed by atoms with van der Waals surface area (Å²) in [6.07, 6.45) is 0. The number of carbonyl (C=O) groups is 1. The fraction of sp³-hybridized carbons (Fsp3) is 0.353. The Morgan fingerprint density at radius 1 is 1.28 bits per heavy atom. The Balaban J connectivity index is 1.88. The minimum Gasteiger partial charge on any atom is -0.486 e. The first-order valence-electron chi connectivity index (χ1n) is 7.97. The number of hydrogen-bond acceptors (Lipinski definition) is 7. The third kappa shape index (κ3) is 2.50. The average molecular weight is 342 g/mol. The van der Waals surface area contributed by atoms with Crippen LogP contribution in [-0.4, -0.2) is 41.1 Å². The number of esters is 1. The number of rotatable bonds is 2. The van der Waals surface area contributed by atoms with E-state index in [2.05, 4.69) is 15.4 Å². The van der Waals surface area contributed by atoms with Crippen molar-refractivity contribution in [1.82, 2.24) is 14.8 Å². The third-order valence-electron chi connectivity index (χ3n) is 4.25. The highest BCUT2D eigenvalue weighted by Gasteiger charge is 2.35. The number of methoxy groups -OCH3 is 1. The van der Waals surface area contributed by atoms with E-state index in [4.69, 9.17) is 14.2 Å². The van der Waals surface area contributed by atoms with Gasteiger partial charge in [0.25, 0.3) is 0 Å². The Morgan fingerprint density at radius 3 is 2.80 bits per heavy atom. The smallest absolute Gasteiger partial charge is 0.338 e. The maximum atomic E-state index is 12.4. The SMILES string of the molecule is COC(=O)C1=C(C)Nc2nc(C)nn2C1c1ccc2c(c1)OCCO2. The van der Waals surface area contributed by atoms with E-state index in [-0.39, 0.29) is 0 Å². The highest BCUT2D eigenvalue weighted by Crippen LogP contribution is 2.39. The molecule has 0 saturated carbocycles. The van der Waals surface area contributed by atoms with Gasteiger partial charge < -0.3 is 19.5 Å². The van der Waals surface area contributed by atoms with E-state index < -0.39 is 12.0 Å². The van der Waals surface area contributed by atoms with Gasteiger partial charge in [-0.25, -0.2) is 9.48 Å². The van der Waals surface area contributed by atoms with Gasteiger partial charge in [-0.2, -0.15) is 10.1 Å². The second-order valence-corrected chi connectivity index (χ2v) is 5.89. The maximum absolute atomic E-state index is 12.4. The van der Waals surface area contributed by atoms with Crippen LogP contribution in [0.2, 0.25) is 0 Å². The van der Waals surface area contributed by atoms with Crippen LogP contribution in [0.15, 0.2) is 29.5 Å². The van der Waals surface area contributed by atoms with Crippen LogP contribution in [0.25, 0.3) is 0 Å². The van der Waals surface area contributed by atoms with E-state index in [1.54, 1.807) is 11.6 Å². The molecule has 1 atom stereocenters. The minimum atomic E-state index is -0.458. The first kappa shape index (κ1) is 15.5. The summed E-state index contributed by atoms with van der Waals surface area (Å²) in [5.41, 5.74) is 2.01. The number of anilines is 1. The summed E-state index contributed by atoms with van der Waals surface area (Å²) in [7, 11) is 1.37. The molecule has 0 radical (unpaired) electrons. The Labute approximate surface area is 144 Å². The van der Waals surface area contributed by atoms with E-state index in [1.165, 1.54) is 7.11 Å². The Kier molecular flexibility index (Phi) is 3.60. The zero-order valence-electron chi connectivity index (χ0n) is 14.2. The number of allylic oxidation sites excluding steroid dienone is 1. The van der Waals surface area contributed by atoms with Crippen molar-refractivity contribution in [3.05, 3.63) is 40.9 Å². The van der Waals surface area contributed by atoms with Crippen LogP contribution >= 0.6 is 0 Å². The molecule has 8 nitrogen and oxygen atoms in total. The summed E-state index contributed by atoms with van der Waals surface area (Å²) in [5.74, 6) is 2.14. The number of nitrogens with one attached hydrogen (secondary N) is 1. The third-order valence-corrected chi connectivity index (χ3v) is 4.25. The van der Waals surface area contributed by atoms with Gasteiger partial charge in [0.15, 0.2) is 11.5 Å². The van der Waals surface area contributed by atoms with Crippen LogP contribution in [0.3, 0.4) is 0 Å². The summed E-state index contributed by atoms with van der Waals surface area (Å²) in [5, 5.41) is 7.57. The fourth-order valence-electron chi connectivity index (χ4n) is 3.17. The molecular weight excluding hydrogens is 324 g/mol. The van der Waals surface area contributed by atoms with Crippen LogP contribution in [-0.2, 0) is 9.53 Å². The van der Waals surface area contributed by atoms with E-state index in [0.29, 0.717) is 47.8 Å². The zero-order valence-corrected chi connectivity index (χ0v) is 14.2. The molecule has 0 spiro atoms. The van der Waals surface area contributed by atoms with Gasteiger partial charge in [-0.05, 0) is 31.5 Å².